The number of fused-ring (bicyclic) bond motifs is 1. The Kier molecular flexibility index (Phi) is 6.91. The minimum atomic E-state index is -0.706. The largest absolute Gasteiger partial charge is 0.205 e. The number of allylic oxidation sites excluding steroid dienone is 1. The molecule has 4 atom stereocenters. The fourth-order valence-electron chi connectivity index (χ4n) is 6.89. The summed E-state index contributed by atoms with van der Waals surface area (Å²) in [6.45, 7) is 3.86. The van der Waals surface area contributed by atoms with E-state index in [0.717, 1.165) is 48.5 Å². The molecular weight excluding hydrogens is 376 g/mol. The van der Waals surface area contributed by atoms with Gasteiger partial charge in [-0.25, -0.2) is 8.78 Å². The molecule has 4 unspecified atom stereocenters. The molecule has 3 aliphatic rings. The fraction of sp³-hybridized carbons (Fsp3) is 0.667. The maximum absolute atomic E-state index is 14.1. The highest BCUT2D eigenvalue weighted by molar-refractivity contribution is 5.36. The first-order chi connectivity index (χ1) is 14.6. The van der Waals surface area contributed by atoms with Crippen LogP contribution in [0.25, 0.3) is 0 Å². The molecule has 3 saturated carbocycles. The van der Waals surface area contributed by atoms with Gasteiger partial charge in [0, 0.05) is 0 Å². The molecule has 1 aromatic carbocycles. The van der Waals surface area contributed by atoms with Crippen molar-refractivity contribution in [1.29, 1.82) is 5.26 Å². The van der Waals surface area contributed by atoms with Crippen LogP contribution in [-0.4, -0.2) is 0 Å². The van der Waals surface area contributed by atoms with E-state index in [0.29, 0.717) is 5.92 Å². The summed E-state index contributed by atoms with van der Waals surface area (Å²) in [5, 5.41) is 8.91. The normalized spacial score (nSPS) is 34.0. The van der Waals surface area contributed by atoms with Gasteiger partial charge in [0.2, 0.25) is 0 Å². The van der Waals surface area contributed by atoms with Gasteiger partial charge < -0.3 is 0 Å². The topological polar surface area (TPSA) is 23.8 Å². The molecule has 0 saturated heterocycles. The van der Waals surface area contributed by atoms with E-state index in [1.165, 1.54) is 69.9 Å². The standard InChI is InChI=1S/C27H35F2N/c1-2-3-4-18-5-7-19(8-6-18)20-9-10-22-14-23(12-11-21(22)13-20)24-15-26(28)25(17-30)27(29)16-24/h2,15-16,18-23H,1,3-14H2. The van der Waals surface area contributed by atoms with Gasteiger partial charge in [-0.3, -0.25) is 0 Å². The lowest BCUT2D eigenvalue weighted by Crippen LogP contribution is -2.34. The van der Waals surface area contributed by atoms with Gasteiger partial charge in [-0.2, -0.15) is 5.26 Å². The molecular formula is C27H35F2N. The van der Waals surface area contributed by atoms with E-state index >= 15 is 0 Å². The summed E-state index contributed by atoms with van der Waals surface area (Å²) in [5.74, 6) is 3.05. The van der Waals surface area contributed by atoms with E-state index < -0.39 is 17.2 Å². The SMILES string of the molecule is C=CCCC1CCC(C2CCC3CC(c4cc(F)c(C#N)c(F)c4)CCC3C2)CC1. The third-order valence-electron chi connectivity index (χ3n) is 8.64. The van der Waals surface area contributed by atoms with Crippen LogP contribution in [0.3, 0.4) is 0 Å². The molecule has 3 fully saturated rings. The summed E-state index contributed by atoms with van der Waals surface area (Å²) < 4.78 is 28.2. The lowest BCUT2D eigenvalue weighted by Gasteiger charge is -2.45. The quantitative estimate of drug-likeness (QED) is 0.452. The van der Waals surface area contributed by atoms with Gasteiger partial charge >= 0.3 is 0 Å². The number of rotatable bonds is 5. The average molecular weight is 412 g/mol. The first kappa shape index (κ1) is 21.5. The Morgan fingerprint density at radius 1 is 0.867 bits per heavy atom. The van der Waals surface area contributed by atoms with Crippen molar-refractivity contribution in [2.75, 3.05) is 0 Å². The number of halogens is 2. The van der Waals surface area contributed by atoms with E-state index in [1.807, 2.05) is 0 Å². The van der Waals surface area contributed by atoms with Gasteiger partial charge in [0.25, 0.3) is 0 Å². The maximum atomic E-state index is 14.1. The molecule has 3 aliphatic carbocycles. The smallest absolute Gasteiger partial charge is 0.144 e. The second-order valence-corrected chi connectivity index (χ2v) is 10.2. The molecule has 0 bridgehead atoms. The molecule has 0 amide bonds. The molecule has 0 radical (unpaired) electrons. The Hall–Kier alpha value is -1.69. The number of nitriles is 1. The molecule has 0 aliphatic heterocycles. The zero-order chi connectivity index (χ0) is 21.1. The summed E-state index contributed by atoms with van der Waals surface area (Å²) in [6.07, 6.45) is 17.4. The van der Waals surface area contributed by atoms with Crippen LogP contribution >= 0.6 is 0 Å². The maximum Gasteiger partial charge on any atom is 0.144 e. The van der Waals surface area contributed by atoms with Gasteiger partial charge in [-0.15, -0.1) is 6.58 Å². The molecule has 0 N–H and O–H groups in total. The molecule has 3 heteroatoms. The highest BCUT2D eigenvalue weighted by atomic mass is 19.1. The summed E-state index contributed by atoms with van der Waals surface area (Å²) in [7, 11) is 0. The van der Waals surface area contributed by atoms with Crippen molar-refractivity contribution >= 4 is 0 Å². The Labute approximate surface area is 180 Å². The molecule has 0 spiro atoms. The van der Waals surface area contributed by atoms with E-state index in [-0.39, 0.29) is 5.92 Å². The van der Waals surface area contributed by atoms with Crippen LogP contribution in [0.5, 0.6) is 0 Å². The van der Waals surface area contributed by atoms with Gasteiger partial charge in [-0.1, -0.05) is 18.9 Å². The Morgan fingerprint density at radius 3 is 2.07 bits per heavy atom. The van der Waals surface area contributed by atoms with Crippen molar-refractivity contribution in [3.05, 3.63) is 47.5 Å². The minimum Gasteiger partial charge on any atom is -0.205 e. The van der Waals surface area contributed by atoms with Gasteiger partial charge in [0.1, 0.15) is 23.3 Å². The molecule has 4 rings (SSSR count). The minimum absolute atomic E-state index is 0.236. The van der Waals surface area contributed by atoms with Crippen LogP contribution in [0.2, 0.25) is 0 Å². The van der Waals surface area contributed by atoms with Crippen molar-refractivity contribution in [2.24, 2.45) is 29.6 Å². The van der Waals surface area contributed by atoms with Gasteiger partial charge in [0.15, 0.2) is 0 Å². The monoisotopic (exact) mass is 411 g/mol. The third-order valence-corrected chi connectivity index (χ3v) is 8.64. The van der Waals surface area contributed by atoms with Crippen molar-refractivity contribution in [3.8, 4) is 6.07 Å². The first-order valence-corrected chi connectivity index (χ1v) is 12.1. The molecule has 0 heterocycles. The van der Waals surface area contributed by atoms with Crippen LogP contribution in [0.4, 0.5) is 8.78 Å². The van der Waals surface area contributed by atoms with Crippen LogP contribution in [0, 0.1) is 52.6 Å². The van der Waals surface area contributed by atoms with Crippen LogP contribution < -0.4 is 0 Å². The summed E-state index contributed by atoms with van der Waals surface area (Å²) in [5.41, 5.74) is 0.301. The highest BCUT2D eigenvalue weighted by Gasteiger charge is 2.39. The molecule has 162 valence electrons. The number of nitrogens with zero attached hydrogens (tertiary/aromatic N) is 1. The summed E-state index contributed by atoms with van der Waals surface area (Å²) in [4.78, 5) is 0. The Morgan fingerprint density at radius 2 is 1.43 bits per heavy atom. The van der Waals surface area contributed by atoms with Crippen LogP contribution in [0.15, 0.2) is 24.8 Å². The third kappa shape index (κ3) is 4.63. The van der Waals surface area contributed by atoms with E-state index in [9.17, 15) is 8.78 Å². The zero-order valence-corrected chi connectivity index (χ0v) is 18.1. The van der Waals surface area contributed by atoms with Crippen molar-refractivity contribution in [2.45, 2.75) is 83.0 Å². The molecule has 30 heavy (non-hydrogen) atoms. The summed E-state index contributed by atoms with van der Waals surface area (Å²) in [6, 6.07) is 4.44. The Bertz CT molecular complexity index is 764. The zero-order valence-electron chi connectivity index (χ0n) is 18.1. The lowest BCUT2D eigenvalue weighted by atomic mass is 9.60. The van der Waals surface area contributed by atoms with Crippen molar-refractivity contribution < 1.29 is 8.78 Å². The second-order valence-electron chi connectivity index (χ2n) is 10.2. The number of benzene rings is 1. The average Bonchev–Trinajstić information content (AvgIpc) is 2.77. The van der Waals surface area contributed by atoms with Crippen LogP contribution in [-0.2, 0) is 0 Å². The van der Waals surface area contributed by atoms with Crippen LogP contribution in [0.1, 0.15) is 94.1 Å². The summed E-state index contributed by atoms with van der Waals surface area (Å²) >= 11 is 0. The van der Waals surface area contributed by atoms with E-state index in [1.54, 1.807) is 6.07 Å². The first-order valence-electron chi connectivity index (χ1n) is 12.1. The van der Waals surface area contributed by atoms with Crippen molar-refractivity contribution in [3.63, 3.8) is 0 Å². The van der Waals surface area contributed by atoms with Gasteiger partial charge in [0.05, 0.1) is 0 Å². The fourth-order valence-corrected chi connectivity index (χ4v) is 6.89. The predicted molar refractivity (Wildman–Crippen MR) is 117 cm³/mol. The molecule has 1 aromatic rings. The van der Waals surface area contributed by atoms with E-state index in [2.05, 4.69) is 12.7 Å². The van der Waals surface area contributed by atoms with Gasteiger partial charge in [-0.05, 0) is 117 Å². The lowest BCUT2D eigenvalue weighted by molar-refractivity contribution is 0.0712. The Balaban J connectivity index is 1.31. The van der Waals surface area contributed by atoms with Crippen molar-refractivity contribution in [1.82, 2.24) is 0 Å². The van der Waals surface area contributed by atoms with E-state index in [4.69, 9.17) is 5.26 Å². The second kappa shape index (κ2) is 9.63. The highest BCUT2D eigenvalue weighted by Crippen LogP contribution is 2.51. The predicted octanol–water partition coefficient (Wildman–Crippen LogP) is 7.91. The molecule has 1 nitrogen and oxygen atoms in total. The number of hydrogen-bond acceptors (Lipinski definition) is 1. The number of hydrogen-bond donors (Lipinski definition) is 0. The molecule has 0 aromatic heterocycles.